The predicted molar refractivity (Wildman–Crippen MR) is 454 cm³/mol. The number of unbranched alkanes of at least 4 members (excludes halogenated alkanes) is 6. The van der Waals surface area contributed by atoms with Gasteiger partial charge in [-0.05, 0) is 191 Å². The van der Waals surface area contributed by atoms with Crippen molar-refractivity contribution in [1.29, 1.82) is 0 Å². The van der Waals surface area contributed by atoms with Gasteiger partial charge in [-0.15, -0.1) is 0 Å². The third kappa shape index (κ3) is 25.9. The number of carboxylic acid groups (broad SMARTS) is 4. The summed E-state index contributed by atoms with van der Waals surface area (Å²) in [5, 5.41) is 40.9. The highest BCUT2D eigenvalue weighted by molar-refractivity contribution is 7.85. The van der Waals surface area contributed by atoms with Gasteiger partial charge < -0.3 is 49.2 Å². The molecule has 115 heavy (non-hydrogen) atoms. The van der Waals surface area contributed by atoms with Crippen molar-refractivity contribution in [3.63, 3.8) is 0 Å². The van der Waals surface area contributed by atoms with Crippen LogP contribution >= 0.6 is 0 Å². The van der Waals surface area contributed by atoms with Crippen molar-refractivity contribution < 1.29 is 98.3 Å². The molecule has 0 bridgehead atoms. The molecule has 0 atom stereocenters. The summed E-state index contributed by atoms with van der Waals surface area (Å²) in [6, 6.07) is 40.4. The number of carbonyl (C=O) groups is 6. The van der Waals surface area contributed by atoms with E-state index in [-0.39, 0.29) is 73.9 Å². The minimum atomic E-state index is -4.34. The van der Waals surface area contributed by atoms with Gasteiger partial charge in [-0.25, -0.2) is 41.0 Å². The van der Waals surface area contributed by atoms with Crippen LogP contribution < -0.4 is 10.2 Å². The molecule has 0 aliphatic carbocycles. The number of para-hydroxylation sites is 2. The molecule has 0 unspecified atom stereocenters. The number of nitrogens with one attached hydrogen (secondary N) is 1. The fourth-order valence-electron chi connectivity index (χ4n) is 14.4. The summed E-state index contributed by atoms with van der Waals surface area (Å²) in [4.78, 5) is 75.6. The summed E-state index contributed by atoms with van der Waals surface area (Å²) in [6.07, 6.45) is 15.1. The molecule has 4 aliphatic heterocycles. The molecular formula is C89H119N6O18S2+. The van der Waals surface area contributed by atoms with E-state index in [1.165, 1.54) is 5.71 Å². The lowest BCUT2D eigenvalue weighted by atomic mass is 9.80. The molecule has 0 saturated heterocycles. The Bertz CT molecular complexity index is 4860. The molecule has 0 spiro atoms. The van der Waals surface area contributed by atoms with Crippen LogP contribution in [0.5, 0.6) is 0 Å². The second-order valence-electron chi connectivity index (χ2n) is 30.0. The second kappa shape index (κ2) is 42.9. The molecule has 624 valence electrons. The van der Waals surface area contributed by atoms with Crippen LogP contribution in [0.2, 0.25) is 0 Å². The third-order valence-electron chi connectivity index (χ3n) is 21.0. The highest BCUT2D eigenvalue weighted by atomic mass is 32.2. The molecule has 0 fully saturated rings. The molecule has 10 rings (SSSR count). The van der Waals surface area contributed by atoms with E-state index < -0.39 is 60.7 Å². The quantitative estimate of drug-likeness (QED) is 0.00638. The number of esters is 2. The van der Waals surface area contributed by atoms with E-state index in [9.17, 15) is 70.0 Å². The van der Waals surface area contributed by atoms with E-state index in [1.54, 1.807) is 73.9 Å². The summed E-state index contributed by atoms with van der Waals surface area (Å²) in [6.45, 7) is 27.5. The van der Waals surface area contributed by atoms with Crippen molar-refractivity contribution in [1.82, 2.24) is 0 Å². The number of carboxylic acids is 4. The number of benzene rings is 6. The standard InChI is InChI=1S/C37H46N2O9S.C20H27NO4.C16H21NO5S.C13H12N2.3CH4/c1-6-48-33(40)15-8-7-9-20-38-29-18-16-25(34(41)42)23-27(29)36(2,3)31(38)13-12-14-32-37(4,5)28-24-26(35(43)44)17-19-30(28)39(32)21-10-11-22-49(45,46)47;1-5-25-18(22)9-7-6-8-12-21-14(2)20(3,4)16-13-15(19(23)24)10-11-17(16)21;1-11-16(2,3)13-10-12(15(18)19)6-7-14(13)17(11)8-4-5-9-23(20,21)22;1-3-7-12(8-4-1)14-11-15-13-9-5-2-6-10-13;;;/h12-14,16-19,23-24H,6-11,15,20-22H2,1-5H3,(H2-,41,42,43,44,45,46,47);10-11,13H,5-9,12H2,1-4H3;6-7,10H,4-5,8-9H2,1-3H3,(H-,18,19,20,21,22);1-11H,(H,14,15);3*1H4/p+1. The summed E-state index contributed by atoms with van der Waals surface area (Å²) < 4.78 is 82.2. The van der Waals surface area contributed by atoms with E-state index in [2.05, 4.69) is 63.6 Å². The number of ether oxygens (including phenoxy) is 2. The van der Waals surface area contributed by atoms with Gasteiger partial charge in [0, 0.05) is 127 Å². The average molecular weight is 1630 g/mol. The molecule has 6 aromatic rings. The maximum atomic E-state index is 11.9. The zero-order valence-corrected chi connectivity index (χ0v) is 67.8. The number of fused-ring (bicyclic) bond motifs is 4. The molecule has 0 saturated carbocycles. The van der Waals surface area contributed by atoms with Crippen molar-refractivity contribution >= 4 is 114 Å². The highest BCUT2D eigenvalue weighted by Gasteiger charge is 2.47. The van der Waals surface area contributed by atoms with Gasteiger partial charge in [0.1, 0.15) is 19.6 Å². The average Bonchev–Trinajstić information content (AvgIpc) is 1.61. The Kier molecular flexibility index (Phi) is 36.2. The number of hydrogen-bond donors (Lipinski definition) is 5. The topological polar surface area (TPSA) is 353 Å². The van der Waals surface area contributed by atoms with Crippen LogP contribution in [-0.4, -0.2) is 170 Å². The van der Waals surface area contributed by atoms with Gasteiger partial charge in [-0.1, -0.05) is 78.6 Å². The lowest BCUT2D eigenvalue weighted by Gasteiger charge is -2.27. The van der Waals surface area contributed by atoms with Gasteiger partial charge in [0.15, 0.2) is 17.1 Å². The first kappa shape index (κ1) is 97.1. The van der Waals surface area contributed by atoms with Crippen LogP contribution in [0.4, 0.5) is 34.1 Å². The SMILES string of the molecule is C.C.C.C(=Nc1ccccc1)Nc1ccccc1.CC1=[N+](CCCCS(=O)(=O)[O-])c2ccc(C(=O)O)cc2C1(C)C.CCOC(=O)CCCCC[N+]1=C(C)C(C)(C)c2cc(C(=O)O)ccc21.CCOC(=O)CCCCC[N+]1=C(C=CC=C2N(CCCCS(=O)(=O)[O-])c3ccc(C(=O)O)cc3C2(C)C)C(C)(C)c2cc(C(=O)O)ccc21. The van der Waals surface area contributed by atoms with Crippen LogP contribution in [0.15, 0.2) is 162 Å². The first-order valence-electron chi connectivity index (χ1n) is 37.9. The predicted octanol–water partition coefficient (Wildman–Crippen LogP) is 17.5. The lowest BCUT2D eigenvalue weighted by molar-refractivity contribution is -0.439. The molecule has 0 aromatic heterocycles. The molecule has 6 aromatic carbocycles. The van der Waals surface area contributed by atoms with E-state index in [4.69, 9.17) is 14.6 Å². The number of rotatable bonds is 33. The highest BCUT2D eigenvalue weighted by Crippen LogP contribution is 2.49. The molecule has 0 radical (unpaired) electrons. The maximum absolute atomic E-state index is 11.9. The van der Waals surface area contributed by atoms with E-state index in [0.29, 0.717) is 76.9 Å². The Morgan fingerprint density at radius 3 is 1.29 bits per heavy atom. The summed E-state index contributed by atoms with van der Waals surface area (Å²) >= 11 is 0. The number of aromatic carboxylic acids is 4. The Morgan fingerprint density at radius 2 is 0.861 bits per heavy atom. The largest absolute Gasteiger partial charge is 0.748 e. The van der Waals surface area contributed by atoms with Crippen molar-refractivity contribution in [2.24, 2.45) is 4.99 Å². The smallest absolute Gasteiger partial charge is 0.335 e. The zero-order valence-electron chi connectivity index (χ0n) is 66.2. The van der Waals surface area contributed by atoms with Gasteiger partial charge in [0.2, 0.25) is 17.1 Å². The van der Waals surface area contributed by atoms with E-state index >= 15 is 0 Å². The summed E-state index contributed by atoms with van der Waals surface area (Å²) in [7, 11) is -8.51. The van der Waals surface area contributed by atoms with Crippen LogP contribution in [0.3, 0.4) is 0 Å². The number of anilines is 2. The van der Waals surface area contributed by atoms with Gasteiger partial charge in [-0.2, -0.15) is 13.7 Å². The minimum Gasteiger partial charge on any atom is -0.748 e. The molecule has 0 amide bonds. The molecular weight excluding hydrogens is 1510 g/mol. The first-order chi connectivity index (χ1) is 52.8. The second-order valence-corrected chi connectivity index (χ2v) is 33.0. The van der Waals surface area contributed by atoms with E-state index in [0.717, 1.165) is 112 Å². The summed E-state index contributed by atoms with van der Waals surface area (Å²) in [5.74, 6) is -5.03. The molecule has 5 N–H and O–H groups in total. The Labute approximate surface area is 680 Å². The van der Waals surface area contributed by atoms with Crippen molar-refractivity contribution in [2.45, 2.75) is 204 Å². The van der Waals surface area contributed by atoms with Crippen molar-refractivity contribution in [3.05, 3.63) is 202 Å². The first-order valence-corrected chi connectivity index (χ1v) is 41.0. The fraction of sp³-hybridized carbons (Fsp3) is 0.438. The summed E-state index contributed by atoms with van der Waals surface area (Å²) in [5.41, 5.74) is 13.1. The number of hydrogen-bond acceptors (Lipinski definition) is 16. The Morgan fingerprint density at radius 1 is 0.478 bits per heavy atom. The van der Waals surface area contributed by atoms with Crippen LogP contribution in [0, 0.1) is 0 Å². The third-order valence-corrected chi connectivity index (χ3v) is 22.6. The Hall–Kier alpha value is -10.3. The lowest BCUT2D eigenvalue weighted by Crippen LogP contribution is -2.28. The van der Waals surface area contributed by atoms with Crippen LogP contribution in [0.1, 0.15) is 246 Å². The molecule has 4 heterocycles. The Balaban J connectivity index is 0.000000353. The normalized spacial score (nSPS) is 15.3. The molecule has 24 nitrogen and oxygen atoms in total. The van der Waals surface area contributed by atoms with Crippen LogP contribution in [0.25, 0.3) is 0 Å². The van der Waals surface area contributed by atoms with Gasteiger partial charge >= 0.3 is 35.8 Å². The van der Waals surface area contributed by atoms with Gasteiger partial charge in [0.05, 0.1) is 84.0 Å². The zero-order chi connectivity index (χ0) is 82.5. The van der Waals surface area contributed by atoms with Crippen molar-refractivity contribution in [3.8, 4) is 0 Å². The van der Waals surface area contributed by atoms with Crippen molar-refractivity contribution in [2.75, 3.05) is 61.1 Å². The number of allylic oxidation sites excluding steroid dienone is 4. The monoisotopic (exact) mass is 1620 g/mol. The molecule has 4 aliphatic rings. The van der Waals surface area contributed by atoms with Gasteiger partial charge in [0.25, 0.3) is 0 Å². The number of nitrogens with zero attached hydrogens (tertiary/aromatic N) is 5. The fourth-order valence-corrected chi connectivity index (χ4v) is 15.5. The van der Waals surface area contributed by atoms with Gasteiger partial charge in [-0.3, -0.25) is 9.59 Å². The van der Waals surface area contributed by atoms with Crippen LogP contribution in [-0.2, 0) is 61.0 Å². The van der Waals surface area contributed by atoms with E-state index in [1.807, 2.05) is 133 Å². The number of aliphatic imine (C=N–C) groups is 1. The molecule has 26 heteroatoms. The maximum Gasteiger partial charge on any atom is 0.335 e. The number of carbonyl (C=O) groups excluding carboxylic acids is 2. The minimum absolute atomic E-state index is 0.